The molecular formula is C12H14O5. The minimum atomic E-state index is -1.01. The highest BCUT2D eigenvalue weighted by Gasteiger charge is 2.26. The zero-order valence-corrected chi connectivity index (χ0v) is 9.67. The van der Waals surface area contributed by atoms with E-state index < -0.39 is 24.3 Å². The minimum absolute atomic E-state index is 0.513. The van der Waals surface area contributed by atoms with Gasteiger partial charge in [-0.2, -0.15) is 0 Å². The maximum Gasteiger partial charge on any atom is 0.234 e. The Bertz CT molecular complexity index is 413. The van der Waals surface area contributed by atoms with Crippen molar-refractivity contribution >= 4 is 11.6 Å². The van der Waals surface area contributed by atoms with Gasteiger partial charge in [-0.25, -0.2) is 0 Å². The van der Waals surface area contributed by atoms with E-state index in [4.69, 9.17) is 14.6 Å². The molecule has 0 saturated carbocycles. The summed E-state index contributed by atoms with van der Waals surface area (Å²) in [4.78, 5) is 22.8. The van der Waals surface area contributed by atoms with Gasteiger partial charge in [0, 0.05) is 7.11 Å². The second kappa shape index (κ2) is 6.12. The van der Waals surface area contributed by atoms with Crippen LogP contribution in [0.3, 0.4) is 0 Å². The molecule has 92 valence electrons. The van der Waals surface area contributed by atoms with Gasteiger partial charge in [0.15, 0.2) is 0 Å². The van der Waals surface area contributed by atoms with E-state index in [0.29, 0.717) is 11.3 Å². The summed E-state index contributed by atoms with van der Waals surface area (Å²) in [6.45, 7) is -0.817. The molecule has 0 aliphatic heterocycles. The summed E-state index contributed by atoms with van der Waals surface area (Å²) in [5, 5.41) is 8.65. The Morgan fingerprint density at radius 2 is 2.06 bits per heavy atom. The summed E-state index contributed by atoms with van der Waals surface area (Å²) >= 11 is 0. The van der Waals surface area contributed by atoms with Crippen molar-refractivity contribution in [2.75, 3.05) is 20.8 Å². The number of aliphatic hydroxyl groups is 1. The van der Waals surface area contributed by atoms with E-state index >= 15 is 0 Å². The van der Waals surface area contributed by atoms with E-state index in [1.165, 1.54) is 14.2 Å². The topological polar surface area (TPSA) is 72.8 Å². The number of hydrogen-bond acceptors (Lipinski definition) is 5. The number of carbonyl (C=O) groups is 2. The van der Waals surface area contributed by atoms with Gasteiger partial charge in [-0.15, -0.1) is 0 Å². The van der Waals surface area contributed by atoms with E-state index in [0.717, 1.165) is 0 Å². The summed E-state index contributed by atoms with van der Waals surface area (Å²) in [6, 6.07) is 6.67. The molecule has 5 heteroatoms. The number of ether oxygens (including phenoxy) is 2. The van der Waals surface area contributed by atoms with Crippen molar-refractivity contribution in [1.82, 2.24) is 0 Å². The molecule has 1 aromatic carbocycles. The highest BCUT2D eigenvalue weighted by atomic mass is 16.5. The average molecular weight is 238 g/mol. The Morgan fingerprint density at radius 3 is 2.59 bits per heavy atom. The first-order chi connectivity index (χ1) is 8.13. The van der Waals surface area contributed by atoms with E-state index in [2.05, 4.69) is 0 Å². The van der Waals surface area contributed by atoms with Crippen LogP contribution >= 0.6 is 0 Å². The average Bonchev–Trinajstić information content (AvgIpc) is 2.38. The van der Waals surface area contributed by atoms with Crippen molar-refractivity contribution in [3.05, 3.63) is 29.8 Å². The fraction of sp³-hybridized carbons (Fsp3) is 0.333. The lowest BCUT2D eigenvalue weighted by molar-refractivity contribution is -0.144. The van der Waals surface area contributed by atoms with Crippen LogP contribution in [0.1, 0.15) is 11.7 Å². The van der Waals surface area contributed by atoms with Crippen LogP contribution in [0, 0.1) is 0 Å². The maximum atomic E-state index is 11.6. The van der Waals surface area contributed by atoms with Crippen LogP contribution in [-0.4, -0.2) is 37.5 Å². The molecule has 0 aromatic heterocycles. The van der Waals surface area contributed by atoms with Crippen LogP contribution < -0.4 is 4.74 Å². The quantitative estimate of drug-likeness (QED) is 0.731. The molecule has 0 aliphatic rings. The number of methoxy groups -OCH3 is 2. The maximum absolute atomic E-state index is 11.6. The highest BCUT2D eigenvalue weighted by molar-refractivity contribution is 6.39. The van der Waals surface area contributed by atoms with Gasteiger partial charge in [0.25, 0.3) is 0 Å². The Hall–Kier alpha value is -1.72. The molecule has 17 heavy (non-hydrogen) atoms. The Kier molecular flexibility index (Phi) is 4.81. The third kappa shape index (κ3) is 3.12. The summed E-state index contributed by atoms with van der Waals surface area (Å²) in [6.07, 6.45) is -1.01. The summed E-state index contributed by atoms with van der Waals surface area (Å²) < 4.78 is 10.00. The van der Waals surface area contributed by atoms with Gasteiger partial charge in [-0.1, -0.05) is 12.1 Å². The number of aliphatic hydroxyl groups excluding tert-OH is 1. The summed E-state index contributed by atoms with van der Waals surface area (Å²) in [7, 11) is 2.83. The van der Waals surface area contributed by atoms with E-state index in [1.807, 2.05) is 0 Å². The molecule has 1 rings (SSSR count). The zero-order valence-electron chi connectivity index (χ0n) is 9.67. The molecule has 0 aliphatic carbocycles. The van der Waals surface area contributed by atoms with Gasteiger partial charge < -0.3 is 14.6 Å². The molecule has 0 radical (unpaired) electrons. The smallest absolute Gasteiger partial charge is 0.234 e. The minimum Gasteiger partial charge on any atom is -0.497 e. The largest absolute Gasteiger partial charge is 0.497 e. The van der Waals surface area contributed by atoms with Crippen LogP contribution in [-0.2, 0) is 14.3 Å². The lowest BCUT2D eigenvalue weighted by Gasteiger charge is -2.14. The fourth-order valence-electron chi connectivity index (χ4n) is 1.42. The number of ketones is 2. The van der Waals surface area contributed by atoms with Crippen LogP contribution in [0.2, 0.25) is 0 Å². The van der Waals surface area contributed by atoms with Gasteiger partial charge in [-0.05, 0) is 17.7 Å². The predicted molar refractivity (Wildman–Crippen MR) is 59.8 cm³/mol. The SMILES string of the molecule is COc1cccc(C(OC)C(=O)C(=O)CO)c1. The first-order valence-corrected chi connectivity index (χ1v) is 4.98. The Balaban J connectivity index is 3.00. The first-order valence-electron chi connectivity index (χ1n) is 4.98. The third-order valence-electron chi connectivity index (χ3n) is 2.29. The second-order valence-electron chi connectivity index (χ2n) is 3.34. The Labute approximate surface area is 99.0 Å². The normalized spacial score (nSPS) is 11.9. The monoisotopic (exact) mass is 238 g/mol. The number of benzene rings is 1. The number of carbonyl (C=O) groups excluding carboxylic acids is 2. The fourth-order valence-corrected chi connectivity index (χ4v) is 1.42. The second-order valence-corrected chi connectivity index (χ2v) is 3.34. The highest BCUT2D eigenvalue weighted by Crippen LogP contribution is 2.22. The zero-order chi connectivity index (χ0) is 12.8. The molecule has 0 bridgehead atoms. The summed E-state index contributed by atoms with van der Waals surface area (Å²) in [5.41, 5.74) is 0.513. The van der Waals surface area contributed by atoms with E-state index in [1.54, 1.807) is 24.3 Å². The van der Waals surface area contributed by atoms with E-state index in [9.17, 15) is 9.59 Å². The summed E-state index contributed by atoms with van der Waals surface area (Å²) in [5.74, 6) is -1.09. The lowest BCUT2D eigenvalue weighted by Crippen LogP contribution is -2.26. The van der Waals surface area contributed by atoms with Crippen molar-refractivity contribution in [1.29, 1.82) is 0 Å². The van der Waals surface area contributed by atoms with Crippen LogP contribution in [0.25, 0.3) is 0 Å². The van der Waals surface area contributed by atoms with Crippen molar-refractivity contribution in [3.8, 4) is 5.75 Å². The van der Waals surface area contributed by atoms with Gasteiger partial charge in [0.05, 0.1) is 7.11 Å². The molecule has 0 fully saturated rings. The van der Waals surface area contributed by atoms with Gasteiger partial charge in [-0.3, -0.25) is 9.59 Å². The molecule has 1 aromatic rings. The van der Waals surface area contributed by atoms with E-state index in [-0.39, 0.29) is 0 Å². The third-order valence-corrected chi connectivity index (χ3v) is 2.29. The lowest BCUT2D eigenvalue weighted by atomic mass is 10.0. The van der Waals surface area contributed by atoms with Gasteiger partial charge >= 0.3 is 0 Å². The van der Waals surface area contributed by atoms with Gasteiger partial charge in [0.2, 0.25) is 11.6 Å². The molecule has 0 amide bonds. The standard InChI is InChI=1S/C12H14O5/c1-16-9-5-3-4-8(6-9)12(17-2)11(15)10(14)7-13/h3-6,12-13H,7H2,1-2H3. The molecule has 1 unspecified atom stereocenters. The first kappa shape index (κ1) is 13.3. The van der Waals surface area contributed by atoms with Crippen LogP contribution in [0.15, 0.2) is 24.3 Å². The van der Waals surface area contributed by atoms with Crippen LogP contribution in [0.4, 0.5) is 0 Å². The van der Waals surface area contributed by atoms with Crippen molar-refractivity contribution in [2.45, 2.75) is 6.10 Å². The van der Waals surface area contributed by atoms with Crippen molar-refractivity contribution in [2.24, 2.45) is 0 Å². The number of hydrogen-bond donors (Lipinski definition) is 1. The molecule has 1 atom stereocenters. The molecule has 0 heterocycles. The Morgan fingerprint density at radius 1 is 1.35 bits per heavy atom. The van der Waals surface area contributed by atoms with Crippen LogP contribution in [0.5, 0.6) is 5.75 Å². The molecule has 0 spiro atoms. The number of Topliss-reactive ketones (excluding diaryl/α,β-unsaturated/α-hetero) is 2. The van der Waals surface area contributed by atoms with Crippen molar-refractivity contribution in [3.63, 3.8) is 0 Å². The van der Waals surface area contributed by atoms with Gasteiger partial charge in [0.1, 0.15) is 18.5 Å². The molecular weight excluding hydrogens is 224 g/mol. The predicted octanol–water partition coefficient (Wildman–Crippen LogP) is 0.513. The molecule has 1 N–H and O–H groups in total. The molecule has 5 nitrogen and oxygen atoms in total. The van der Waals surface area contributed by atoms with Crippen molar-refractivity contribution < 1.29 is 24.2 Å². The number of rotatable bonds is 6. The molecule has 0 saturated heterocycles.